The number of aliphatic hydroxyl groups is 1. The number of rotatable bonds is 4. The van der Waals surface area contributed by atoms with E-state index < -0.39 is 0 Å². The molecule has 0 unspecified atom stereocenters. The first-order valence-electron chi connectivity index (χ1n) is 11.2. The topological polar surface area (TPSA) is 57.5 Å². The molecule has 2 aliphatic rings. The molecule has 1 saturated heterocycles. The van der Waals surface area contributed by atoms with Crippen molar-refractivity contribution in [3.8, 4) is 11.8 Å². The van der Waals surface area contributed by atoms with E-state index in [2.05, 4.69) is 60.0 Å². The van der Waals surface area contributed by atoms with Gasteiger partial charge in [0.15, 0.2) is 0 Å². The van der Waals surface area contributed by atoms with Gasteiger partial charge in [-0.05, 0) is 55.7 Å². The minimum Gasteiger partial charge on any atom is -0.393 e. The summed E-state index contributed by atoms with van der Waals surface area (Å²) in [6.45, 7) is 8.29. The van der Waals surface area contributed by atoms with Crippen LogP contribution in [0.5, 0.6) is 0 Å². The zero-order valence-corrected chi connectivity index (χ0v) is 18.3. The molecular formula is C25H33N3O2. The number of benzene rings is 1. The Morgan fingerprint density at radius 1 is 1.30 bits per heavy atom. The molecule has 0 radical (unpaired) electrons. The van der Waals surface area contributed by atoms with Crippen LogP contribution in [-0.2, 0) is 17.8 Å². The number of aliphatic hydroxyl groups excluding tert-OH is 1. The summed E-state index contributed by atoms with van der Waals surface area (Å²) in [7, 11) is 0. The fourth-order valence-corrected chi connectivity index (χ4v) is 4.95. The first-order chi connectivity index (χ1) is 14.5. The molecular weight excluding hydrogens is 374 g/mol. The summed E-state index contributed by atoms with van der Waals surface area (Å²) in [4.78, 5) is 15.4. The largest absolute Gasteiger partial charge is 0.393 e. The van der Waals surface area contributed by atoms with E-state index >= 15 is 0 Å². The van der Waals surface area contributed by atoms with E-state index in [0.29, 0.717) is 44.8 Å². The Morgan fingerprint density at radius 3 is 2.77 bits per heavy atom. The summed E-state index contributed by atoms with van der Waals surface area (Å²) >= 11 is 0. The van der Waals surface area contributed by atoms with Gasteiger partial charge < -0.3 is 14.6 Å². The Morgan fingerprint density at radius 2 is 2.07 bits per heavy atom. The predicted molar refractivity (Wildman–Crippen MR) is 120 cm³/mol. The van der Waals surface area contributed by atoms with Crippen molar-refractivity contribution in [3.63, 3.8) is 0 Å². The average molecular weight is 408 g/mol. The van der Waals surface area contributed by atoms with E-state index in [4.69, 9.17) is 0 Å². The van der Waals surface area contributed by atoms with Crippen LogP contribution in [0.1, 0.15) is 57.2 Å². The number of amides is 1. The summed E-state index contributed by atoms with van der Waals surface area (Å²) in [5.74, 6) is 6.86. The lowest BCUT2D eigenvalue weighted by atomic mass is 9.94. The highest BCUT2D eigenvalue weighted by molar-refractivity contribution is 5.90. The maximum atomic E-state index is 13.4. The van der Waals surface area contributed by atoms with Gasteiger partial charge in [-0.1, -0.05) is 31.9 Å². The van der Waals surface area contributed by atoms with Crippen LogP contribution in [0.15, 0.2) is 24.4 Å². The van der Waals surface area contributed by atoms with Crippen molar-refractivity contribution >= 4 is 16.8 Å². The van der Waals surface area contributed by atoms with Crippen molar-refractivity contribution in [1.29, 1.82) is 0 Å². The van der Waals surface area contributed by atoms with Gasteiger partial charge in [-0.25, -0.2) is 0 Å². The molecule has 1 aromatic carbocycles. The zero-order chi connectivity index (χ0) is 21.3. The van der Waals surface area contributed by atoms with Crippen LogP contribution in [0.4, 0.5) is 0 Å². The number of aromatic nitrogens is 1. The maximum absolute atomic E-state index is 13.4. The Hall–Kier alpha value is -2.29. The monoisotopic (exact) mass is 407 g/mol. The fourth-order valence-electron chi connectivity index (χ4n) is 4.95. The quantitative estimate of drug-likeness (QED) is 0.765. The molecule has 4 rings (SSSR count). The van der Waals surface area contributed by atoms with Gasteiger partial charge in [0.2, 0.25) is 5.91 Å². The molecule has 1 aromatic heterocycles. The lowest BCUT2D eigenvalue weighted by Crippen LogP contribution is -2.51. The highest BCUT2D eigenvalue weighted by Gasteiger charge is 2.34. The van der Waals surface area contributed by atoms with Crippen molar-refractivity contribution < 1.29 is 9.90 Å². The van der Waals surface area contributed by atoms with Gasteiger partial charge in [-0.2, -0.15) is 0 Å². The number of carbonyl (C=O) groups is 1. The first kappa shape index (κ1) is 21.0. The molecule has 5 heteroatoms. The molecule has 2 N–H and O–H groups in total. The minimum atomic E-state index is -0.276. The molecule has 1 fully saturated rings. The van der Waals surface area contributed by atoms with Crippen LogP contribution in [0.25, 0.3) is 10.9 Å². The van der Waals surface area contributed by atoms with Gasteiger partial charge in [-0.15, -0.1) is 5.92 Å². The molecule has 2 atom stereocenters. The van der Waals surface area contributed by atoms with E-state index in [0.717, 1.165) is 6.42 Å². The molecule has 1 amide bonds. The second-order valence-corrected chi connectivity index (χ2v) is 9.11. The number of likely N-dealkylation sites (tertiary alicyclic amines) is 1. The number of nitrogens with one attached hydrogen (secondary N) is 1. The molecule has 0 saturated carbocycles. The van der Waals surface area contributed by atoms with Crippen molar-refractivity contribution in [2.45, 2.75) is 71.2 Å². The van der Waals surface area contributed by atoms with Gasteiger partial charge in [0.1, 0.15) is 0 Å². The highest BCUT2D eigenvalue weighted by atomic mass is 16.3. The Balaban J connectivity index is 1.72. The highest BCUT2D eigenvalue weighted by Crippen LogP contribution is 2.36. The van der Waals surface area contributed by atoms with Crippen LogP contribution in [0.3, 0.4) is 0 Å². The van der Waals surface area contributed by atoms with E-state index in [1.807, 2.05) is 11.8 Å². The van der Waals surface area contributed by atoms with Crippen LogP contribution in [0.2, 0.25) is 0 Å². The normalized spacial score (nSPS) is 22.1. The summed E-state index contributed by atoms with van der Waals surface area (Å²) in [6.07, 6.45) is 4.93. The third-order valence-electron chi connectivity index (χ3n) is 6.43. The zero-order valence-electron chi connectivity index (χ0n) is 18.3. The molecule has 0 aliphatic carbocycles. The summed E-state index contributed by atoms with van der Waals surface area (Å²) in [6, 6.07) is 6.41. The van der Waals surface area contributed by atoms with E-state index in [-0.39, 0.29) is 24.1 Å². The van der Waals surface area contributed by atoms with Gasteiger partial charge in [0.25, 0.3) is 0 Å². The van der Waals surface area contributed by atoms with E-state index in [1.54, 1.807) is 0 Å². The van der Waals surface area contributed by atoms with Crippen LogP contribution >= 0.6 is 0 Å². The number of nitrogens with zero attached hydrogens (tertiary/aromatic N) is 2. The number of hydrogen-bond acceptors (Lipinski definition) is 3. The smallest absolute Gasteiger partial charge is 0.240 e. The molecule has 0 spiro atoms. The number of hydrogen-bond donors (Lipinski definition) is 2. The number of carbonyl (C=O) groups excluding carboxylic acids is 1. The van der Waals surface area contributed by atoms with Crippen LogP contribution < -0.4 is 5.32 Å². The van der Waals surface area contributed by atoms with E-state index in [9.17, 15) is 9.90 Å². The molecule has 160 valence electrons. The Labute approximate surface area is 179 Å². The predicted octanol–water partition coefficient (Wildman–Crippen LogP) is 3.25. The number of piperidine rings is 1. The standard InChI is InChI=1S/C25H33N3O2/c1-4-5-11-28-16-18-15-22(25(30)27-12-9-19(29)10-13-27)26-21(14-17(2)3)20-7-6-8-23(28)24(18)20/h6-8,16-17,19,21-22,26,29H,9-15H2,1-3H3/t21-,22-/m0/s1. The van der Waals surface area contributed by atoms with Crippen molar-refractivity contribution in [2.75, 3.05) is 13.1 Å². The van der Waals surface area contributed by atoms with Gasteiger partial charge in [0, 0.05) is 36.2 Å². The Kier molecular flexibility index (Phi) is 6.17. The Bertz CT molecular complexity index is 973. The van der Waals surface area contributed by atoms with Crippen molar-refractivity contribution in [2.24, 2.45) is 5.92 Å². The lowest BCUT2D eigenvalue weighted by molar-refractivity contribution is -0.135. The van der Waals surface area contributed by atoms with Crippen molar-refractivity contribution in [1.82, 2.24) is 14.8 Å². The maximum Gasteiger partial charge on any atom is 0.240 e. The summed E-state index contributed by atoms with van der Waals surface area (Å²) < 4.78 is 2.22. The minimum absolute atomic E-state index is 0.146. The first-order valence-corrected chi connectivity index (χ1v) is 11.2. The van der Waals surface area contributed by atoms with Crippen molar-refractivity contribution in [3.05, 3.63) is 35.5 Å². The lowest BCUT2D eigenvalue weighted by Gasteiger charge is -2.34. The summed E-state index contributed by atoms with van der Waals surface area (Å²) in [5.41, 5.74) is 3.73. The van der Waals surface area contributed by atoms with Gasteiger partial charge in [0.05, 0.1) is 18.7 Å². The second kappa shape index (κ2) is 8.83. The van der Waals surface area contributed by atoms with E-state index in [1.165, 1.54) is 22.0 Å². The molecule has 5 nitrogen and oxygen atoms in total. The van der Waals surface area contributed by atoms with Crippen LogP contribution in [0, 0.1) is 17.8 Å². The molecule has 2 aromatic rings. The average Bonchev–Trinajstić information content (AvgIpc) is 3.00. The molecule has 2 aliphatic heterocycles. The second-order valence-electron chi connectivity index (χ2n) is 9.11. The molecule has 30 heavy (non-hydrogen) atoms. The molecule has 3 heterocycles. The summed E-state index contributed by atoms with van der Waals surface area (Å²) in [5, 5.41) is 14.8. The SMILES string of the molecule is CC#CCn1cc2c3c(cccc31)[C@H](CC(C)C)N[C@H](C(=O)N1CCC(O)CC1)C2. The van der Waals surface area contributed by atoms with Gasteiger partial charge >= 0.3 is 0 Å². The third-order valence-corrected chi connectivity index (χ3v) is 6.43. The fraction of sp³-hybridized carbons (Fsp3) is 0.560. The third kappa shape index (κ3) is 4.12. The molecule has 0 bridgehead atoms. The van der Waals surface area contributed by atoms with Crippen LogP contribution in [-0.4, -0.2) is 45.7 Å². The van der Waals surface area contributed by atoms with Gasteiger partial charge in [-0.3, -0.25) is 10.1 Å².